The summed E-state index contributed by atoms with van der Waals surface area (Å²) in [6.07, 6.45) is 0. The first-order valence-electron chi connectivity index (χ1n) is 7.03. The van der Waals surface area contributed by atoms with E-state index in [4.69, 9.17) is 9.47 Å². The van der Waals surface area contributed by atoms with Crippen molar-refractivity contribution in [2.75, 3.05) is 19.5 Å². The number of benzene rings is 2. The molecule has 0 bridgehead atoms. The number of hydrogen-bond acceptors (Lipinski definition) is 5. The van der Waals surface area contributed by atoms with Crippen LogP contribution in [0.25, 0.3) is 0 Å². The fraction of sp³-hybridized carbons (Fsp3) is 0.188. The van der Waals surface area contributed by atoms with Crippen LogP contribution in [0.15, 0.2) is 42.5 Å². The summed E-state index contributed by atoms with van der Waals surface area (Å²) in [6.45, 7) is 0.209. The van der Waals surface area contributed by atoms with Gasteiger partial charge in [-0.2, -0.15) is 0 Å². The van der Waals surface area contributed by atoms with Crippen LogP contribution in [-0.2, 0) is 6.54 Å². The zero-order chi connectivity index (χ0) is 17.5. The van der Waals surface area contributed by atoms with Gasteiger partial charge in [-0.1, -0.05) is 6.07 Å². The van der Waals surface area contributed by atoms with E-state index in [0.29, 0.717) is 17.2 Å². The minimum Gasteiger partial charge on any atom is -0.497 e. The van der Waals surface area contributed by atoms with Gasteiger partial charge in [-0.05, 0) is 24.3 Å². The Morgan fingerprint density at radius 3 is 2.62 bits per heavy atom. The molecular weight excluding hydrogens is 314 g/mol. The Hall–Kier alpha value is -3.29. The predicted octanol–water partition coefficient (Wildman–Crippen LogP) is 2.93. The maximum absolute atomic E-state index is 12.0. The molecule has 0 saturated carbocycles. The van der Waals surface area contributed by atoms with Gasteiger partial charge in [0.05, 0.1) is 19.1 Å². The quantitative estimate of drug-likeness (QED) is 0.626. The summed E-state index contributed by atoms with van der Waals surface area (Å²) in [6, 6.07) is 10.5. The summed E-state index contributed by atoms with van der Waals surface area (Å²) in [4.78, 5) is 22.2. The minimum absolute atomic E-state index is 0.0951. The van der Waals surface area contributed by atoms with Gasteiger partial charge in [-0.25, -0.2) is 4.79 Å². The van der Waals surface area contributed by atoms with E-state index < -0.39 is 11.0 Å². The van der Waals surface area contributed by atoms with Gasteiger partial charge in [0, 0.05) is 29.9 Å². The predicted molar refractivity (Wildman–Crippen MR) is 88.5 cm³/mol. The van der Waals surface area contributed by atoms with Crippen LogP contribution in [0.1, 0.15) is 5.56 Å². The van der Waals surface area contributed by atoms with Crippen LogP contribution in [0.5, 0.6) is 11.5 Å². The van der Waals surface area contributed by atoms with Gasteiger partial charge in [0.1, 0.15) is 11.5 Å². The summed E-state index contributed by atoms with van der Waals surface area (Å²) in [5, 5.41) is 15.9. The van der Waals surface area contributed by atoms with Crippen molar-refractivity contribution in [1.82, 2.24) is 5.32 Å². The molecule has 126 valence electrons. The smallest absolute Gasteiger partial charge is 0.319 e. The number of ether oxygens (including phenoxy) is 2. The summed E-state index contributed by atoms with van der Waals surface area (Å²) in [5.41, 5.74) is 0.979. The van der Waals surface area contributed by atoms with Gasteiger partial charge in [-0.15, -0.1) is 0 Å². The van der Waals surface area contributed by atoms with E-state index in [1.165, 1.54) is 25.3 Å². The number of nitrogens with one attached hydrogen (secondary N) is 2. The molecule has 0 spiro atoms. The van der Waals surface area contributed by atoms with Crippen molar-refractivity contribution in [1.29, 1.82) is 0 Å². The third-order valence-electron chi connectivity index (χ3n) is 3.24. The number of carbonyl (C=O) groups is 1. The first kappa shape index (κ1) is 17.1. The van der Waals surface area contributed by atoms with Crippen molar-refractivity contribution in [2.24, 2.45) is 0 Å². The maximum Gasteiger partial charge on any atom is 0.319 e. The highest BCUT2D eigenvalue weighted by atomic mass is 16.6. The number of anilines is 1. The fourth-order valence-electron chi connectivity index (χ4n) is 2.07. The first-order chi connectivity index (χ1) is 11.5. The lowest BCUT2D eigenvalue weighted by atomic mass is 10.2. The first-order valence-corrected chi connectivity index (χ1v) is 7.03. The van der Waals surface area contributed by atoms with Gasteiger partial charge < -0.3 is 20.1 Å². The normalized spacial score (nSPS) is 9.92. The average Bonchev–Trinajstić information content (AvgIpc) is 2.59. The highest BCUT2D eigenvalue weighted by Gasteiger charge is 2.10. The molecule has 2 N–H and O–H groups in total. The fourth-order valence-corrected chi connectivity index (χ4v) is 2.07. The molecule has 0 aromatic heterocycles. The van der Waals surface area contributed by atoms with Crippen molar-refractivity contribution in [3.8, 4) is 11.5 Å². The Bertz CT molecular complexity index is 748. The molecule has 0 fully saturated rings. The number of non-ortho nitro benzene ring substituents is 1. The van der Waals surface area contributed by atoms with Crippen molar-refractivity contribution in [3.05, 3.63) is 58.1 Å². The maximum atomic E-state index is 12.0. The van der Waals surface area contributed by atoms with Crippen molar-refractivity contribution in [3.63, 3.8) is 0 Å². The second-order valence-corrected chi connectivity index (χ2v) is 4.79. The van der Waals surface area contributed by atoms with Crippen LogP contribution >= 0.6 is 0 Å². The largest absolute Gasteiger partial charge is 0.497 e. The molecule has 0 atom stereocenters. The number of nitrogens with zero attached hydrogens (tertiary/aromatic N) is 1. The Kier molecular flexibility index (Phi) is 5.56. The molecule has 24 heavy (non-hydrogen) atoms. The van der Waals surface area contributed by atoms with E-state index in [2.05, 4.69) is 10.6 Å². The SMILES string of the molecule is COc1ccc(OC)c(CNC(=O)Nc2cccc([N+](=O)[O-])c2)c1. The topological polar surface area (TPSA) is 103 Å². The lowest BCUT2D eigenvalue weighted by Crippen LogP contribution is -2.28. The van der Waals surface area contributed by atoms with E-state index in [1.807, 2.05) is 0 Å². The van der Waals surface area contributed by atoms with Crippen LogP contribution < -0.4 is 20.1 Å². The number of nitro groups is 1. The average molecular weight is 331 g/mol. The number of hydrogen-bond donors (Lipinski definition) is 2. The van der Waals surface area contributed by atoms with E-state index in [1.54, 1.807) is 31.4 Å². The summed E-state index contributed by atoms with van der Waals surface area (Å²) in [7, 11) is 3.09. The van der Waals surface area contributed by atoms with Crippen LogP contribution in [0.2, 0.25) is 0 Å². The Morgan fingerprint density at radius 2 is 1.96 bits per heavy atom. The van der Waals surface area contributed by atoms with E-state index in [0.717, 1.165) is 5.56 Å². The van der Waals surface area contributed by atoms with Crippen molar-refractivity contribution < 1.29 is 19.2 Å². The summed E-state index contributed by atoms with van der Waals surface area (Å²) < 4.78 is 10.4. The Morgan fingerprint density at radius 1 is 1.17 bits per heavy atom. The lowest BCUT2D eigenvalue weighted by molar-refractivity contribution is -0.384. The molecule has 2 amide bonds. The molecule has 0 unspecified atom stereocenters. The molecule has 2 aromatic rings. The molecule has 2 aromatic carbocycles. The standard InChI is InChI=1S/C16H17N3O5/c1-23-14-6-7-15(24-2)11(8-14)10-17-16(20)18-12-4-3-5-13(9-12)19(21)22/h3-9H,10H2,1-2H3,(H2,17,18,20). The number of methoxy groups -OCH3 is 2. The molecule has 8 heteroatoms. The Labute approximate surface area is 138 Å². The highest BCUT2D eigenvalue weighted by molar-refractivity contribution is 5.89. The van der Waals surface area contributed by atoms with Crippen LogP contribution in [0.4, 0.5) is 16.2 Å². The second kappa shape index (κ2) is 7.82. The molecule has 0 aliphatic heterocycles. The molecule has 8 nitrogen and oxygen atoms in total. The van der Waals surface area contributed by atoms with Gasteiger partial charge in [0.25, 0.3) is 5.69 Å². The summed E-state index contributed by atoms with van der Waals surface area (Å²) in [5.74, 6) is 1.26. The van der Waals surface area contributed by atoms with Crippen molar-refractivity contribution in [2.45, 2.75) is 6.54 Å². The Balaban J connectivity index is 2.01. The van der Waals surface area contributed by atoms with Gasteiger partial charge in [0.15, 0.2) is 0 Å². The zero-order valence-corrected chi connectivity index (χ0v) is 13.2. The van der Waals surface area contributed by atoms with Crippen LogP contribution in [0.3, 0.4) is 0 Å². The van der Waals surface area contributed by atoms with Crippen LogP contribution in [0, 0.1) is 10.1 Å². The van der Waals surface area contributed by atoms with Gasteiger partial charge in [0.2, 0.25) is 0 Å². The molecule has 0 aliphatic carbocycles. The summed E-state index contributed by atoms with van der Waals surface area (Å²) >= 11 is 0. The monoisotopic (exact) mass is 331 g/mol. The third kappa shape index (κ3) is 4.35. The number of carbonyl (C=O) groups excluding carboxylic acids is 1. The number of nitro benzene ring substituents is 1. The highest BCUT2D eigenvalue weighted by Crippen LogP contribution is 2.23. The molecule has 0 aliphatic rings. The van der Waals surface area contributed by atoms with Gasteiger partial charge in [-0.3, -0.25) is 10.1 Å². The third-order valence-corrected chi connectivity index (χ3v) is 3.24. The molecule has 2 rings (SSSR count). The molecular formula is C16H17N3O5. The second-order valence-electron chi connectivity index (χ2n) is 4.79. The van der Waals surface area contributed by atoms with E-state index in [-0.39, 0.29) is 12.2 Å². The van der Waals surface area contributed by atoms with E-state index in [9.17, 15) is 14.9 Å². The zero-order valence-electron chi connectivity index (χ0n) is 13.2. The van der Waals surface area contributed by atoms with Crippen molar-refractivity contribution >= 4 is 17.4 Å². The van der Waals surface area contributed by atoms with E-state index >= 15 is 0 Å². The van der Waals surface area contributed by atoms with Gasteiger partial charge >= 0.3 is 6.03 Å². The number of rotatable bonds is 6. The minimum atomic E-state index is -0.524. The molecule has 0 saturated heterocycles. The van der Waals surface area contributed by atoms with Crippen LogP contribution in [-0.4, -0.2) is 25.2 Å². The number of amides is 2. The lowest BCUT2D eigenvalue weighted by Gasteiger charge is -2.12. The molecule has 0 radical (unpaired) electrons. The number of urea groups is 1. The molecule has 0 heterocycles.